The maximum absolute atomic E-state index is 11.7. The van der Waals surface area contributed by atoms with Gasteiger partial charge in [-0.15, -0.1) is 0 Å². The number of unbranched alkanes of at least 4 members (excludes halogenated alkanes) is 8. The number of quaternary nitrogens is 1. The van der Waals surface area contributed by atoms with Crippen molar-refractivity contribution in [2.24, 2.45) is 0 Å². The summed E-state index contributed by atoms with van der Waals surface area (Å²) in [5, 5.41) is 3.06. The standard InChI is InChI=1S/C19H40N2O.H2O4S/c1-5-7-8-9-10-11-12-13-14-16-19(22)20-17-15-18-21(3,4)6-2;1-5(2,3)4/h5-18H2,1-4H3;(H2,1,2,3,4)/p+1. The third kappa shape index (κ3) is 30.3. The van der Waals surface area contributed by atoms with Crippen LogP contribution in [0.15, 0.2) is 0 Å². The summed E-state index contributed by atoms with van der Waals surface area (Å²) in [6, 6.07) is 0. The van der Waals surface area contributed by atoms with Crippen LogP contribution in [0.2, 0.25) is 0 Å². The number of carbonyl (C=O) groups excluding carboxylic acids is 1. The second-order valence-electron chi connectivity index (χ2n) is 7.71. The molecule has 0 rings (SSSR count). The van der Waals surface area contributed by atoms with Crippen LogP contribution in [0.5, 0.6) is 0 Å². The average molecular weight is 412 g/mol. The van der Waals surface area contributed by atoms with Gasteiger partial charge in [0.2, 0.25) is 5.91 Å². The van der Waals surface area contributed by atoms with Crippen molar-refractivity contribution in [2.75, 3.05) is 33.7 Å². The van der Waals surface area contributed by atoms with Gasteiger partial charge < -0.3 is 9.80 Å². The van der Waals surface area contributed by atoms with Gasteiger partial charge in [-0.2, -0.15) is 8.42 Å². The van der Waals surface area contributed by atoms with Gasteiger partial charge in [-0.05, 0) is 13.3 Å². The first-order valence-electron chi connectivity index (χ1n) is 10.3. The van der Waals surface area contributed by atoms with E-state index in [0.29, 0.717) is 6.42 Å². The van der Waals surface area contributed by atoms with Crippen LogP contribution in [-0.4, -0.2) is 61.6 Å². The maximum Gasteiger partial charge on any atom is 0.394 e. The summed E-state index contributed by atoms with van der Waals surface area (Å²) >= 11 is 0. The molecule has 0 aromatic rings. The Kier molecular flexibility index (Phi) is 18.4. The van der Waals surface area contributed by atoms with Crippen molar-refractivity contribution in [2.45, 2.75) is 84.5 Å². The van der Waals surface area contributed by atoms with Crippen LogP contribution in [-0.2, 0) is 15.2 Å². The third-order valence-electron chi connectivity index (χ3n) is 4.63. The molecule has 0 spiro atoms. The van der Waals surface area contributed by atoms with E-state index >= 15 is 0 Å². The average Bonchev–Trinajstić information content (AvgIpc) is 2.56. The van der Waals surface area contributed by atoms with Crippen LogP contribution in [0, 0.1) is 0 Å². The highest BCUT2D eigenvalue weighted by molar-refractivity contribution is 7.79. The predicted octanol–water partition coefficient (Wildman–Crippen LogP) is 3.86. The van der Waals surface area contributed by atoms with Crippen LogP contribution >= 0.6 is 0 Å². The van der Waals surface area contributed by atoms with Gasteiger partial charge in [0.15, 0.2) is 0 Å². The lowest BCUT2D eigenvalue weighted by molar-refractivity contribution is -0.888. The molecule has 8 heteroatoms. The van der Waals surface area contributed by atoms with Crippen molar-refractivity contribution < 1.29 is 26.8 Å². The second kappa shape index (κ2) is 17.4. The summed E-state index contributed by atoms with van der Waals surface area (Å²) in [4.78, 5) is 11.7. The molecule has 0 aliphatic heterocycles. The summed E-state index contributed by atoms with van der Waals surface area (Å²) in [6.45, 7) is 7.58. The van der Waals surface area contributed by atoms with Crippen molar-refractivity contribution in [3.05, 3.63) is 0 Å². The molecule has 3 N–H and O–H groups in total. The monoisotopic (exact) mass is 411 g/mol. The predicted molar refractivity (Wildman–Crippen MR) is 111 cm³/mol. The molecular formula is C19H43N2O5S+. The molecule has 0 aromatic heterocycles. The molecule has 0 unspecified atom stereocenters. The molecule has 0 atom stereocenters. The molecule has 0 aliphatic carbocycles. The molecule has 7 nitrogen and oxygen atoms in total. The van der Waals surface area contributed by atoms with Crippen molar-refractivity contribution in [1.82, 2.24) is 5.32 Å². The van der Waals surface area contributed by atoms with E-state index in [9.17, 15) is 4.79 Å². The lowest BCUT2D eigenvalue weighted by atomic mass is 10.1. The Hall–Kier alpha value is -0.700. The van der Waals surface area contributed by atoms with E-state index in [-0.39, 0.29) is 5.91 Å². The van der Waals surface area contributed by atoms with Gasteiger partial charge in [-0.1, -0.05) is 58.3 Å². The topological polar surface area (TPSA) is 104 Å². The molecule has 0 bridgehead atoms. The van der Waals surface area contributed by atoms with Crippen LogP contribution in [0.3, 0.4) is 0 Å². The Labute approximate surface area is 167 Å². The zero-order chi connectivity index (χ0) is 21.2. The lowest BCUT2D eigenvalue weighted by Crippen LogP contribution is -2.41. The Bertz CT molecular complexity index is 445. The number of rotatable bonds is 15. The third-order valence-corrected chi connectivity index (χ3v) is 4.63. The van der Waals surface area contributed by atoms with Gasteiger partial charge in [0.25, 0.3) is 0 Å². The van der Waals surface area contributed by atoms with Crippen LogP contribution in [0.1, 0.15) is 84.5 Å². The molecule has 0 saturated heterocycles. The number of amides is 1. The zero-order valence-electron chi connectivity index (χ0n) is 17.9. The van der Waals surface area contributed by atoms with Gasteiger partial charge in [-0.25, -0.2) is 0 Å². The summed E-state index contributed by atoms with van der Waals surface area (Å²) < 4.78 is 32.6. The van der Waals surface area contributed by atoms with E-state index in [4.69, 9.17) is 17.5 Å². The molecule has 0 fully saturated rings. The van der Waals surface area contributed by atoms with E-state index in [1.54, 1.807) is 0 Å². The van der Waals surface area contributed by atoms with Crippen molar-refractivity contribution >= 4 is 16.3 Å². The Morgan fingerprint density at radius 1 is 0.852 bits per heavy atom. The van der Waals surface area contributed by atoms with Gasteiger partial charge in [0.1, 0.15) is 0 Å². The van der Waals surface area contributed by atoms with Crippen LogP contribution in [0.4, 0.5) is 0 Å². The fourth-order valence-electron chi connectivity index (χ4n) is 2.58. The molecular weight excluding hydrogens is 368 g/mol. The lowest BCUT2D eigenvalue weighted by Gasteiger charge is -2.28. The highest BCUT2D eigenvalue weighted by atomic mass is 32.3. The first-order chi connectivity index (χ1) is 12.5. The molecule has 164 valence electrons. The Morgan fingerprint density at radius 2 is 1.30 bits per heavy atom. The highest BCUT2D eigenvalue weighted by Gasteiger charge is 2.10. The fraction of sp³-hybridized carbons (Fsp3) is 0.947. The van der Waals surface area contributed by atoms with E-state index in [1.807, 2.05) is 0 Å². The van der Waals surface area contributed by atoms with Gasteiger partial charge in [0, 0.05) is 19.4 Å². The molecule has 0 saturated carbocycles. The quantitative estimate of drug-likeness (QED) is 0.216. The van der Waals surface area contributed by atoms with E-state index in [1.165, 1.54) is 51.4 Å². The second-order valence-corrected chi connectivity index (χ2v) is 8.60. The highest BCUT2D eigenvalue weighted by Crippen LogP contribution is 2.10. The van der Waals surface area contributed by atoms with Gasteiger partial charge in [-0.3, -0.25) is 13.9 Å². The summed E-state index contributed by atoms with van der Waals surface area (Å²) in [5.74, 6) is 0.241. The molecule has 0 heterocycles. The van der Waals surface area contributed by atoms with Crippen LogP contribution in [0.25, 0.3) is 0 Å². The smallest absolute Gasteiger partial charge is 0.356 e. The fourth-order valence-corrected chi connectivity index (χ4v) is 2.58. The molecule has 27 heavy (non-hydrogen) atoms. The van der Waals surface area contributed by atoms with E-state index in [2.05, 4.69) is 33.3 Å². The molecule has 0 radical (unpaired) electrons. The Balaban J connectivity index is 0. The van der Waals surface area contributed by atoms with Gasteiger partial charge in [0.05, 0.1) is 27.2 Å². The first-order valence-corrected chi connectivity index (χ1v) is 11.7. The number of nitrogens with one attached hydrogen (secondary N) is 1. The van der Waals surface area contributed by atoms with E-state index in [0.717, 1.165) is 37.0 Å². The molecule has 0 aliphatic rings. The van der Waals surface area contributed by atoms with Crippen molar-refractivity contribution in [1.29, 1.82) is 0 Å². The number of nitrogens with zero attached hydrogens (tertiary/aromatic N) is 1. The number of hydrogen-bond donors (Lipinski definition) is 3. The first kappa shape index (κ1) is 28.5. The normalized spacial score (nSPS) is 11.6. The zero-order valence-corrected chi connectivity index (χ0v) is 18.7. The van der Waals surface area contributed by atoms with Gasteiger partial charge >= 0.3 is 10.4 Å². The van der Waals surface area contributed by atoms with Crippen molar-refractivity contribution in [3.8, 4) is 0 Å². The number of carbonyl (C=O) groups is 1. The number of hydrogen-bond acceptors (Lipinski definition) is 3. The van der Waals surface area contributed by atoms with Crippen molar-refractivity contribution in [3.63, 3.8) is 0 Å². The summed E-state index contributed by atoms with van der Waals surface area (Å²) in [6.07, 6.45) is 13.5. The Morgan fingerprint density at radius 3 is 1.74 bits per heavy atom. The SMILES string of the molecule is CCCCCCCCCCCC(=O)NCCC[N+](C)(C)CC.O=S(=O)(O)O. The minimum Gasteiger partial charge on any atom is -0.356 e. The van der Waals surface area contributed by atoms with Crippen LogP contribution < -0.4 is 5.32 Å². The summed E-state index contributed by atoms with van der Waals surface area (Å²) in [7, 11) is -0.186. The minimum absolute atomic E-state index is 0.241. The largest absolute Gasteiger partial charge is 0.394 e. The maximum atomic E-state index is 11.7. The summed E-state index contributed by atoms with van der Waals surface area (Å²) in [5.41, 5.74) is 0. The van der Waals surface area contributed by atoms with E-state index < -0.39 is 10.4 Å². The molecule has 0 aromatic carbocycles. The molecule has 1 amide bonds. The minimum atomic E-state index is -4.67.